The van der Waals surface area contributed by atoms with Gasteiger partial charge in [-0.3, -0.25) is 4.68 Å². The summed E-state index contributed by atoms with van der Waals surface area (Å²) in [4.78, 5) is 4.71. The van der Waals surface area contributed by atoms with E-state index in [0.717, 1.165) is 60.4 Å². The summed E-state index contributed by atoms with van der Waals surface area (Å²) in [6, 6.07) is 18.9. The number of H-pyrrole nitrogens is 1. The van der Waals surface area contributed by atoms with Gasteiger partial charge in [0.15, 0.2) is 11.5 Å². The SMILES string of the molecule is CCCc1nc2cc(CCC)n(Cc3ccc(-c4ccccc4-c4nn[nH]n4)cc3)n2n1. The third kappa shape index (κ3) is 3.79. The zero-order valence-corrected chi connectivity index (χ0v) is 18.4. The van der Waals surface area contributed by atoms with Gasteiger partial charge in [0, 0.05) is 23.7 Å². The summed E-state index contributed by atoms with van der Waals surface area (Å²) in [5.74, 6) is 1.51. The van der Waals surface area contributed by atoms with Gasteiger partial charge >= 0.3 is 0 Å². The first-order chi connectivity index (χ1) is 15.8. The Balaban J connectivity index is 1.46. The van der Waals surface area contributed by atoms with Crippen molar-refractivity contribution in [3.8, 4) is 22.5 Å². The highest BCUT2D eigenvalue weighted by Gasteiger charge is 2.14. The van der Waals surface area contributed by atoms with E-state index in [1.54, 1.807) is 0 Å². The van der Waals surface area contributed by atoms with E-state index in [-0.39, 0.29) is 0 Å². The van der Waals surface area contributed by atoms with Gasteiger partial charge in [-0.15, -0.1) is 15.3 Å². The first kappa shape index (κ1) is 20.1. The van der Waals surface area contributed by atoms with E-state index in [4.69, 9.17) is 10.1 Å². The van der Waals surface area contributed by atoms with Gasteiger partial charge in [0.1, 0.15) is 0 Å². The van der Waals surface area contributed by atoms with Crippen molar-refractivity contribution in [2.24, 2.45) is 0 Å². The summed E-state index contributed by atoms with van der Waals surface area (Å²) in [6.07, 6.45) is 4.03. The fourth-order valence-electron chi connectivity index (χ4n) is 4.10. The minimum Gasteiger partial charge on any atom is -0.263 e. The normalized spacial score (nSPS) is 11.4. The largest absolute Gasteiger partial charge is 0.263 e. The lowest BCUT2D eigenvalue weighted by Gasteiger charge is -2.11. The number of hydrogen-bond acceptors (Lipinski definition) is 5. The van der Waals surface area contributed by atoms with Crippen molar-refractivity contribution in [1.29, 1.82) is 0 Å². The van der Waals surface area contributed by atoms with Gasteiger partial charge in [0.25, 0.3) is 0 Å². The zero-order chi connectivity index (χ0) is 21.9. The number of benzene rings is 2. The van der Waals surface area contributed by atoms with E-state index < -0.39 is 0 Å². The number of tetrazole rings is 1. The Morgan fingerprint density at radius 1 is 0.906 bits per heavy atom. The predicted octanol–water partition coefficient (Wildman–Crippen LogP) is 4.33. The Bertz CT molecular complexity index is 1310. The summed E-state index contributed by atoms with van der Waals surface area (Å²) in [6.45, 7) is 5.10. The molecule has 0 radical (unpaired) electrons. The predicted molar refractivity (Wildman–Crippen MR) is 123 cm³/mol. The highest BCUT2D eigenvalue weighted by molar-refractivity contribution is 5.80. The molecule has 0 atom stereocenters. The van der Waals surface area contributed by atoms with Gasteiger partial charge in [0.2, 0.25) is 5.82 Å². The third-order valence-electron chi connectivity index (χ3n) is 5.60. The molecule has 0 bridgehead atoms. The fraction of sp³-hybridized carbons (Fsp3) is 0.292. The summed E-state index contributed by atoms with van der Waals surface area (Å²) < 4.78 is 4.21. The Morgan fingerprint density at radius 2 is 1.69 bits per heavy atom. The van der Waals surface area contributed by atoms with Crippen molar-refractivity contribution < 1.29 is 0 Å². The van der Waals surface area contributed by atoms with Crippen LogP contribution >= 0.6 is 0 Å². The summed E-state index contributed by atoms with van der Waals surface area (Å²) in [7, 11) is 0. The first-order valence-corrected chi connectivity index (χ1v) is 11.1. The lowest BCUT2D eigenvalue weighted by molar-refractivity contribution is 0.549. The molecule has 5 aromatic rings. The highest BCUT2D eigenvalue weighted by atomic mass is 15.5. The molecule has 0 aliphatic carbocycles. The molecule has 0 saturated heterocycles. The van der Waals surface area contributed by atoms with Crippen LogP contribution in [-0.2, 0) is 19.4 Å². The van der Waals surface area contributed by atoms with Gasteiger partial charge in [-0.25, -0.2) is 4.98 Å². The lowest BCUT2D eigenvalue weighted by atomic mass is 9.98. The molecule has 0 aliphatic heterocycles. The molecule has 162 valence electrons. The van der Waals surface area contributed by atoms with Crippen LogP contribution in [0.4, 0.5) is 0 Å². The molecule has 8 nitrogen and oxygen atoms in total. The molecule has 0 unspecified atom stereocenters. The van der Waals surface area contributed by atoms with Crippen LogP contribution in [0.25, 0.3) is 28.2 Å². The van der Waals surface area contributed by atoms with Crippen molar-refractivity contribution in [2.45, 2.75) is 46.1 Å². The maximum Gasteiger partial charge on any atom is 0.205 e. The van der Waals surface area contributed by atoms with Crippen LogP contribution in [0, 0.1) is 0 Å². The topological polar surface area (TPSA) is 89.6 Å². The Labute approximate surface area is 186 Å². The van der Waals surface area contributed by atoms with Crippen LogP contribution in [0.2, 0.25) is 0 Å². The van der Waals surface area contributed by atoms with Crippen LogP contribution in [0.15, 0.2) is 54.6 Å². The van der Waals surface area contributed by atoms with E-state index in [9.17, 15) is 0 Å². The number of nitrogens with one attached hydrogen (secondary N) is 1. The zero-order valence-electron chi connectivity index (χ0n) is 18.4. The van der Waals surface area contributed by atoms with Gasteiger partial charge in [0.05, 0.1) is 6.54 Å². The standard InChI is InChI=1S/C24H26N8/c1-3-7-19-15-23-25-22(8-4-2)28-32(23)31(19)16-17-11-13-18(14-12-17)20-9-5-6-10-21(20)24-26-29-30-27-24/h5-6,9-15H,3-4,7-8,16H2,1-2H3,(H,26,27,29,30). The minimum atomic E-state index is 0.595. The maximum absolute atomic E-state index is 4.75. The van der Waals surface area contributed by atoms with E-state index in [1.165, 1.54) is 11.3 Å². The Morgan fingerprint density at radius 3 is 2.41 bits per heavy atom. The molecule has 0 saturated carbocycles. The number of fused-ring (bicyclic) bond motifs is 1. The molecule has 2 aromatic carbocycles. The molecule has 3 aromatic heterocycles. The van der Waals surface area contributed by atoms with Gasteiger partial charge < -0.3 is 0 Å². The van der Waals surface area contributed by atoms with E-state index in [2.05, 4.69) is 75.6 Å². The van der Waals surface area contributed by atoms with E-state index in [0.29, 0.717) is 5.82 Å². The van der Waals surface area contributed by atoms with Crippen LogP contribution in [-0.4, -0.2) is 40.0 Å². The molecule has 1 N–H and O–H groups in total. The number of hydrogen-bond donors (Lipinski definition) is 1. The van der Waals surface area contributed by atoms with Crippen molar-refractivity contribution >= 4 is 5.65 Å². The maximum atomic E-state index is 4.75. The molecule has 8 heteroatoms. The number of rotatable bonds is 8. The minimum absolute atomic E-state index is 0.595. The number of aryl methyl sites for hydroxylation is 2. The van der Waals surface area contributed by atoms with Crippen LogP contribution in [0.1, 0.15) is 43.8 Å². The average molecular weight is 427 g/mol. The summed E-state index contributed by atoms with van der Waals surface area (Å²) >= 11 is 0. The van der Waals surface area contributed by atoms with Crippen molar-refractivity contribution in [3.63, 3.8) is 0 Å². The molecular weight excluding hydrogens is 400 g/mol. The summed E-state index contributed by atoms with van der Waals surface area (Å²) in [5, 5.41) is 19.3. The number of aromatic amines is 1. The van der Waals surface area contributed by atoms with Crippen molar-refractivity contribution in [3.05, 3.63) is 71.7 Å². The Hall–Kier alpha value is -3.81. The Kier molecular flexibility index (Phi) is 5.49. The van der Waals surface area contributed by atoms with Crippen LogP contribution < -0.4 is 0 Å². The second-order valence-corrected chi connectivity index (χ2v) is 7.95. The number of nitrogens with zero attached hydrogens (tertiary/aromatic N) is 7. The summed E-state index contributed by atoms with van der Waals surface area (Å²) in [5.41, 5.74) is 6.56. The highest BCUT2D eigenvalue weighted by Crippen LogP contribution is 2.30. The molecule has 3 heterocycles. The molecule has 0 amide bonds. The smallest absolute Gasteiger partial charge is 0.205 e. The van der Waals surface area contributed by atoms with Crippen LogP contribution in [0.5, 0.6) is 0 Å². The first-order valence-electron chi connectivity index (χ1n) is 11.1. The van der Waals surface area contributed by atoms with Crippen molar-refractivity contribution in [1.82, 2.24) is 40.0 Å². The lowest BCUT2D eigenvalue weighted by Crippen LogP contribution is -2.12. The molecule has 0 spiro atoms. The van der Waals surface area contributed by atoms with Crippen LogP contribution in [0.3, 0.4) is 0 Å². The van der Waals surface area contributed by atoms with E-state index >= 15 is 0 Å². The molecular formula is C24H26N8. The fourth-order valence-corrected chi connectivity index (χ4v) is 4.10. The molecule has 0 aliphatic rings. The second kappa shape index (κ2) is 8.74. The molecule has 32 heavy (non-hydrogen) atoms. The average Bonchev–Trinajstić information content (AvgIpc) is 3.54. The number of aromatic nitrogens is 8. The monoisotopic (exact) mass is 426 g/mol. The molecule has 0 fully saturated rings. The molecule has 5 rings (SSSR count). The van der Waals surface area contributed by atoms with Gasteiger partial charge in [-0.2, -0.15) is 9.84 Å². The van der Waals surface area contributed by atoms with Crippen molar-refractivity contribution in [2.75, 3.05) is 0 Å². The van der Waals surface area contributed by atoms with Gasteiger partial charge in [-0.1, -0.05) is 68.8 Å². The quantitative estimate of drug-likeness (QED) is 0.399. The van der Waals surface area contributed by atoms with E-state index in [1.807, 2.05) is 22.8 Å². The van der Waals surface area contributed by atoms with Gasteiger partial charge in [-0.05, 0) is 34.7 Å². The second-order valence-electron chi connectivity index (χ2n) is 7.95. The third-order valence-corrected chi connectivity index (χ3v) is 5.60.